The van der Waals surface area contributed by atoms with Gasteiger partial charge in [0.25, 0.3) is 5.91 Å². The number of carbonyl (C=O) groups is 5. The first-order chi connectivity index (χ1) is 27.9. The number of carbonyl (C=O) groups excluding carboxylic acids is 5. The van der Waals surface area contributed by atoms with Gasteiger partial charge in [0.1, 0.15) is 18.0 Å². The molecule has 2 atom stereocenters. The fraction of sp³-hybridized carbons (Fsp3) is 0.372. The maximum absolute atomic E-state index is 14.7. The number of hydrogen-bond acceptors (Lipinski definition) is 8. The molecule has 0 bridgehead atoms. The van der Waals surface area contributed by atoms with Crippen LogP contribution < -0.4 is 16.0 Å². The highest BCUT2D eigenvalue weighted by Gasteiger charge is 2.44. The molecule has 6 amide bonds. The summed E-state index contributed by atoms with van der Waals surface area (Å²) in [5, 5.41) is 19.5. The Balaban J connectivity index is 1.28. The predicted molar refractivity (Wildman–Crippen MR) is 220 cm³/mol. The number of aryl methyl sites for hydroxylation is 1. The third-order valence-corrected chi connectivity index (χ3v) is 10.7. The fourth-order valence-electron chi connectivity index (χ4n) is 7.63. The maximum Gasteiger partial charge on any atom is 0.316 e. The molecule has 6 rings (SSSR count). The number of phenolic OH excluding ortho intramolecular Hbond substituents is 1. The highest BCUT2D eigenvalue weighted by atomic mass is 16.3. The summed E-state index contributed by atoms with van der Waals surface area (Å²) in [7, 11) is 5.48. The largest absolute Gasteiger partial charge is 0.508 e. The Hall–Kier alpha value is -6.19. The van der Waals surface area contributed by atoms with Crippen LogP contribution in [0.2, 0.25) is 0 Å². The molecule has 15 nitrogen and oxygen atoms in total. The zero-order chi connectivity index (χ0) is 41.3. The topological polar surface area (TPSA) is 163 Å². The molecule has 0 saturated carbocycles. The molecule has 58 heavy (non-hydrogen) atoms. The monoisotopic (exact) mass is 791 g/mol. The lowest BCUT2D eigenvalue weighted by Crippen LogP contribution is -2.69. The lowest BCUT2D eigenvalue weighted by molar-refractivity contribution is -0.156. The van der Waals surface area contributed by atoms with Crippen LogP contribution in [0.5, 0.6) is 5.75 Å². The number of benzene rings is 3. The minimum absolute atomic E-state index is 0.0133. The predicted octanol–water partition coefficient (Wildman–Crippen LogP) is 2.11. The van der Waals surface area contributed by atoms with Gasteiger partial charge in [-0.2, -0.15) is 0 Å². The molecule has 306 valence electrons. The lowest BCUT2D eigenvalue weighted by atomic mass is 9.98. The van der Waals surface area contributed by atoms with Crippen molar-refractivity contribution in [1.29, 1.82) is 0 Å². The van der Waals surface area contributed by atoms with Gasteiger partial charge < -0.3 is 50.1 Å². The van der Waals surface area contributed by atoms with E-state index in [1.165, 1.54) is 21.9 Å². The SMILES string of the molecule is C=CCNCC(=O)N1[C@@H](NC(=O)NCc2ccccc2)CN(Cc2cccc3c(C(=O)N(C)CC(=O)N4CCN(C)CC4)cn(C)c23)C(=O)[C@@H]1Cc1ccc(O)cc1. The number of likely N-dealkylation sites (N-methyl/N-ethyl adjacent to an activating group) is 2. The van der Waals surface area contributed by atoms with Crippen LogP contribution in [0.3, 0.4) is 0 Å². The van der Waals surface area contributed by atoms with Crippen molar-refractivity contribution in [2.75, 3.05) is 66.5 Å². The normalized spacial score (nSPS) is 17.3. The van der Waals surface area contributed by atoms with Crippen LogP contribution in [0, 0.1) is 0 Å². The molecule has 2 fully saturated rings. The van der Waals surface area contributed by atoms with Crippen molar-refractivity contribution in [2.45, 2.75) is 31.7 Å². The van der Waals surface area contributed by atoms with E-state index in [4.69, 9.17) is 0 Å². The number of aromatic hydroxyl groups is 1. The van der Waals surface area contributed by atoms with Crippen molar-refractivity contribution < 1.29 is 29.1 Å². The standard InChI is InChI=1S/C43H53N9O6/c1-5-18-44-25-38(54)52-36(23-30-14-16-33(53)17-15-30)42(57)51(28-37(52)46-43(58)45-24-31-10-7-6-8-11-31)26-32-12-9-13-34-35(27-48(3)40(32)34)41(56)49(4)29-39(55)50-21-19-47(2)20-22-50/h5-17,27,36-37,44,53H,1,18-26,28-29H2,2-4H3,(H2,45,46,58)/t36-,37+/m0/s1. The summed E-state index contributed by atoms with van der Waals surface area (Å²) in [4.78, 5) is 77.6. The summed E-state index contributed by atoms with van der Waals surface area (Å²) >= 11 is 0. The maximum atomic E-state index is 14.7. The number of rotatable bonds is 14. The Morgan fingerprint density at radius 2 is 1.64 bits per heavy atom. The second-order valence-corrected chi connectivity index (χ2v) is 15.0. The molecule has 2 aliphatic heterocycles. The number of fused-ring (bicyclic) bond motifs is 1. The molecule has 15 heteroatoms. The molecule has 0 spiro atoms. The second kappa shape index (κ2) is 18.8. The molecular weight excluding hydrogens is 739 g/mol. The number of phenols is 1. The number of nitrogens with one attached hydrogen (secondary N) is 3. The summed E-state index contributed by atoms with van der Waals surface area (Å²) in [6, 6.07) is 20.0. The third kappa shape index (κ3) is 9.84. The number of piperazine rings is 2. The van der Waals surface area contributed by atoms with E-state index in [0.29, 0.717) is 36.1 Å². The highest BCUT2D eigenvalue weighted by molar-refractivity contribution is 6.08. The molecule has 0 aliphatic carbocycles. The Labute approximate surface area is 338 Å². The second-order valence-electron chi connectivity index (χ2n) is 15.0. The van der Waals surface area contributed by atoms with Crippen molar-refractivity contribution in [3.63, 3.8) is 0 Å². The van der Waals surface area contributed by atoms with E-state index in [2.05, 4.69) is 27.4 Å². The van der Waals surface area contributed by atoms with Crippen molar-refractivity contribution in [1.82, 2.24) is 45.0 Å². The Bertz CT molecular complexity index is 2110. The van der Waals surface area contributed by atoms with E-state index in [1.54, 1.807) is 41.3 Å². The summed E-state index contributed by atoms with van der Waals surface area (Å²) in [5.41, 5.74) is 3.54. The minimum atomic E-state index is -1.01. The molecule has 1 aromatic heterocycles. The number of hydrogen-bond donors (Lipinski definition) is 4. The van der Waals surface area contributed by atoms with E-state index in [9.17, 15) is 29.1 Å². The first-order valence-corrected chi connectivity index (χ1v) is 19.5. The Morgan fingerprint density at radius 1 is 0.914 bits per heavy atom. The van der Waals surface area contributed by atoms with Gasteiger partial charge in [0.15, 0.2) is 0 Å². The molecule has 4 aromatic rings. The van der Waals surface area contributed by atoms with Gasteiger partial charge in [0.05, 0.1) is 30.7 Å². The molecular formula is C43H53N9O6. The van der Waals surface area contributed by atoms with Crippen molar-refractivity contribution in [2.24, 2.45) is 7.05 Å². The van der Waals surface area contributed by atoms with Gasteiger partial charge in [-0.25, -0.2) is 4.79 Å². The van der Waals surface area contributed by atoms with Gasteiger partial charge in [-0.05, 0) is 35.9 Å². The van der Waals surface area contributed by atoms with E-state index in [0.717, 1.165) is 29.7 Å². The third-order valence-electron chi connectivity index (χ3n) is 10.7. The van der Waals surface area contributed by atoms with Crippen LogP contribution in [-0.4, -0.2) is 142 Å². The van der Waals surface area contributed by atoms with E-state index < -0.39 is 18.2 Å². The van der Waals surface area contributed by atoms with Crippen LogP contribution in [0.25, 0.3) is 10.9 Å². The van der Waals surface area contributed by atoms with Gasteiger partial charge in [-0.3, -0.25) is 19.2 Å². The molecule has 3 heterocycles. The number of nitrogens with zero attached hydrogens (tertiary/aromatic N) is 6. The van der Waals surface area contributed by atoms with Gasteiger partial charge in [-0.15, -0.1) is 6.58 Å². The van der Waals surface area contributed by atoms with Crippen molar-refractivity contribution in [3.05, 3.63) is 114 Å². The Morgan fingerprint density at radius 3 is 2.34 bits per heavy atom. The van der Waals surface area contributed by atoms with Crippen LogP contribution in [0.1, 0.15) is 27.0 Å². The van der Waals surface area contributed by atoms with Crippen molar-refractivity contribution >= 4 is 40.6 Å². The molecule has 0 unspecified atom stereocenters. The minimum Gasteiger partial charge on any atom is -0.508 e. The molecule has 4 N–H and O–H groups in total. The van der Waals surface area contributed by atoms with Gasteiger partial charge in [-0.1, -0.05) is 66.7 Å². The van der Waals surface area contributed by atoms with Crippen molar-refractivity contribution in [3.8, 4) is 5.75 Å². The number of para-hydroxylation sites is 1. The number of urea groups is 1. The highest BCUT2D eigenvalue weighted by Crippen LogP contribution is 2.29. The zero-order valence-corrected chi connectivity index (χ0v) is 33.4. The smallest absolute Gasteiger partial charge is 0.316 e. The summed E-state index contributed by atoms with van der Waals surface area (Å²) in [6.07, 6.45) is 2.59. The van der Waals surface area contributed by atoms with Crippen LogP contribution >= 0.6 is 0 Å². The van der Waals surface area contributed by atoms with E-state index in [-0.39, 0.29) is 68.5 Å². The first kappa shape index (κ1) is 41.4. The average molecular weight is 792 g/mol. The fourth-order valence-corrected chi connectivity index (χ4v) is 7.63. The zero-order valence-electron chi connectivity index (χ0n) is 33.4. The molecule has 0 radical (unpaired) electrons. The van der Waals surface area contributed by atoms with Crippen LogP contribution in [-0.2, 0) is 40.9 Å². The van der Waals surface area contributed by atoms with Gasteiger partial charge in [0.2, 0.25) is 17.7 Å². The summed E-state index contributed by atoms with van der Waals surface area (Å²) in [6.45, 7) is 7.10. The van der Waals surface area contributed by atoms with Gasteiger partial charge in [0, 0.05) is 77.9 Å². The number of aromatic nitrogens is 1. The lowest BCUT2D eigenvalue weighted by Gasteiger charge is -2.46. The molecule has 2 saturated heterocycles. The van der Waals surface area contributed by atoms with Crippen LogP contribution in [0.15, 0.2) is 91.6 Å². The average Bonchev–Trinajstić information content (AvgIpc) is 3.56. The summed E-state index contributed by atoms with van der Waals surface area (Å²) < 4.78 is 1.85. The van der Waals surface area contributed by atoms with E-state index in [1.807, 2.05) is 67.2 Å². The quantitative estimate of drug-likeness (QED) is 0.112. The molecule has 2 aliphatic rings. The number of amides is 6. The Kier molecular flexibility index (Phi) is 13.5. The first-order valence-electron chi connectivity index (χ1n) is 19.5. The van der Waals surface area contributed by atoms with Crippen LogP contribution in [0.4, 0.5) is 4.79 Å². The van der Waals surface area contributed by atoms with Gasteiger partial charge >= 0.3 is 6.03 Å². The van der Waals surface area contributed by atoms with E-state index >= 15 is 0 Å². The molecule has 3 aromatic carbocycles. The summed E-state index contributed by atoms with van der Waals surface area (Å²) in [5.74, 6) is -1.03.